The molecule has 0 bridgehead atoms. The van der Waals surface area contributed by atoms with E-state index in [2.05, 4.69) is 37.2 Å². The molecule has 9 atom stereocenters. The van der Waals surface area contributed by atoms with Crippen LogP contribution in [0.25, 0.3) is 0 Å². The van der Waals surface area contributed by atoms with Gasteiger partial charge in [0.05, 0.1) is 19.0 Å². The third-order valence-corrected chi connectivity index (χ3v) is 13.7. The number of amides is 10. The van der Waals surface area contributed by atoms with Gasteiger partial charge in [-0.2, -0.15) is 0 Å². The number of aliphatic carboxylic acids is 1. The Morgan fingerprint density at radius 3 is 2.03 bits per heavy atom. The van der Waals surface area contributed by atoms with Gasteiger partial charge in [0, 0.05) is 30.9 Å². The van der Waals surface area contributed by atoms with Crippen molar-refractivity contribution < 1.29 is 63.0 Å². The fourth-order valence-corrected chi connectivity index (χ4v) is 9.60. The monoisotopic (exact) mass is 1010 g/mol. The highest BCUT2D eigenvalue weighted by atomic mass is 33.1. The van der Waals surface area contributed by atoms with E-state index in [1.807, 2.05) is 13.8 Å². The summed E-state index contributed by atoms with van der Waals surface area (Å²) in [5.74, 6) is -11.2. The molecule has 26 heteroatoms. The highest BCUT2D eigenvalue weighted by Gasteiger charge is 2.41. The van der Waals surface area contributed by atoms with E-state index in [0.29, 0.717) is 18.4 Å². The highest BCUT2D eigenvalue weighted by Crippen LogP contribution is 2.26. The van der Waals surface area contributed by atoms with Crippen molar-refractivity contribution in [3.05, 3.63) is 29.8 Å². The third kappa shape index (κ3) is 18.7. The smallest absolute Gasteiger partial charge is 0.303 e. The number of phenols is 1. The van der Waals surface area contributed by atoms with Crippen LogP contribution in [0.4, 0.5) is 0 Å². The Bertz CT molecular complexity index is 2050. The van der Waals surface area contributed by atoms with Gasteiger partial charge in [0.15, 0.2) is 0 Å². The maximum Gasteiger partial charge on any atom is 0.303 e. The van der Waals surface area contributed by atoms with Crippen LogP contribution in [-0.4, -0.2) is 153 Å². The van der Waals surface area contributed by atoms with E-state index in [4.69, 9.17) is 17.2 Å². The van der Waals surface area contributed by atoms with E-state index in [1.54, 1.807) is 13.8 Å². The Hall–Kier alpha value is -6.15. The molecule has 1 aromatic carbocycles. The zero-order valence-electron chi connectivity index (χ0n) is 38.9. The Labute approximate surface area is 407 Å². The zero-order valence-corrected chi connectivity index (χ0v) is 40.6. The van der Waals surface area contributed by atoms with Crippen molar-refractivity contribution in [2.75, 3.05) is 24.6 Å². The average molecular weight is 1010 g/mol. The number of primary amides is 2. The van der Waals surface area contributed by atoms with Crippen molar-refractivity contribution >= 4 is 86.6 Å². The predicted molar refractivity (Wildman–Crippen MR) is 253 cm³/mol. The van der Waals surface area contributed by atoms with Gasteiger partial charge in [-0.05, 0) is 55.2 Å². The van der Waals surface area contributed by atoms with E-state index in [0.717, 1.165) is 21.6 Å². The quantitative estimate of drug-likeness (QED) is 0.0692. The fourth-order valence-electron chi connectivity index (χ4n) is 7.32. The Morgan fingerprint density at radius 1 is 0.812 bits per heavy atom. The molecule has 69 heavy (non-hydrogen) atoms. The van der Waals surface area contributed by atoms with Gasteiger partial charge in [0.25, 0.3) is 0 Å². The van der Waals surface area contributed by atoms with Crippen molar-refractivity contribution in [2.45, 2.75) is 127 Å². The number of phenolic OH excluding ortho intramolecular Hbond substituents is 1. The standard InChI is InChI=1S/C43H65N11O13S2/c1-5-22(4)35-42(66)48-26(12-13-34(58)59)38(62)50-29(17-32(45)56)39(63)52-30(20-69-68-19-25(44)36(60)49-28(40(64)53-35)16-23-8-10-24(55)11-9-23)43(67)54-14-6-7-31(54)41(65)51-27(15-21(2)3)37(61)47-18-33(46)57/h8-11,21-22,25-31,35,55H,5-7,12-20,44H2,1-4H3,(H2,45,56)(H2,46,57)(H,47,61)(H,48,66)(H,49,60)(H,50,62)(H,51,65)(H,52,63)(H,53,64)(H,58,59)/t22-,25-,26-,27-,28-,29-,30-,31-,35?/m0/s1. The minimum absolute atomic E-state index is 0.0395. The number of hydrogen-bond donors (Lipinski definition) is 12. The number of hydrogen-bond acceptors (Lipinski definition) is 15. The van der Waals surface area contributed by atoms with E-state index in [9.17, 15) is 63.0 Å². The molecule has 0 aromatic heterocycles. The molecule has 2 aliphatic heterocycles. The summed E-state index contributed by atoms with van der Waals surface area (Å²) in [5, 5.41) is 37.1. The van der Waals surface area contributed by atoms with Crippen molar-refractivity contribution in [1.82, 2.24) is 42.1 Å². The van der Waals surface area contributed by atoms with E-state index in [-0.39, 0.29) is 49.0 Å². The molecule has 24 nitrogen and oxygen atoms in total. The molecule has 0 aliphatic carbocycles. The topological polar surface area (TPSA) is 394 Å². The van der Waals surface area contributed by atoms with Crippen LogP contribution in [0, 0.1) is 11.8 Å². The van der Waals surface area contributed by atoms with Crippen molar-refractivity contribution in [3.63, 3.8) is 0 Å². The number of carbonyl (C=O) groups is 11. The van der Waals surface area contributed by atoms with Crippen molar-refractivity contribution in [3.8, 4) is 5.75 Å². The number of nitrogens with zero attached hydrogens (tertiary/aromatic N) is 1. The van der Waals surface area contributed by atoms with Gasteiger partial charge in [-0.15, -0.1) is 0 Å². The highest BCUT2D eigenvalue weighted by molar-refractivity contribution is 8.76. The van der Waals surface area contributed by atoms with Crippen LogP contribution in [-0.2, 0) is 59.2 Å². The molecule has 1 aromatic rings. The van der Waals surface area contributed by atoms with Gasteiger partial charge in [0.1, 0.15) is 48.0 Å². The summed E-state index contributed by atoms with van der Waals surface area (Å²) in [7, 11) is 2.02. The summed E-state index contributed by atoms with van der Waals surface area (Å²) in [5.41, 5.74) is 17.5. The molecule has 0 radical (unpaired) electrons. The van der Waals surface area contributed by atoms with Crippen LogP contribution in [0.15, 0.2) is 24.3 Å². The van der Waals surface area contributed by atoms with Gasteiger partial charge in [-0.3, -0.25) is 52.7 Å². The number of carboxylic acids is 1. The Balaban J connectivity index is 2.05. The molecule has 2 aliphatic rings. The van der Waals surface area contributed by atoms with Crippen LogP contribution in [0.5, 0.6) is 5.75 Å². The number of carbonyl (C=O) groups excluding carboxylic acids is 10. The molecule has 1 unspecified atom stereocenters. The number of rotatable bonds is 17. The van der Waals surface area contributed by atoms with E-state index in [1.165, 1.54) is 29.2 Å². The maximum atomic E-state index is 14.5. The molecule has 382 valence electrons. The molecular weight excluding hydrogens is 943 g/mol. The summed E-state index contributed by atoms with van der Waals surface area (Å²) in [6, 6.07) is -5.29. The Morgan fingerprint density at radius 2 is 1.42 bits per heavy atom. The van der Waals surface area contributed by atoms with E-state index < -0.39 is 145 Å². The van der Waals surface area contributed by atoms with Crippen LogP contribution < -0.4 is 54.4 Å². The lowest BCUT2D eigenvalue weighted by Crippen LogP contribution is -2.61. The van der Waals surface area contributed by atoms with Gasteiger partial charge in [-0.25, -0.2) is 0 Å². The molecular formula is C43H65N11O13S2. The van der Waals surface area contributed by atoms with Crippen LogP contribution in [0.3, 0.4) is 0 Å². The number of nitrogens with one attached hydrogen (secondary N) is 7. The third-order valence-electron chi connectivity index (χ3n) is 11.3. The minimum atomic E-state index is -1.78. The Kier molecular flexibility index (Phi) is 23.0. The number of nitrogens with two attached hydrogens (primary N) is 3. The lowest BCUT2D eigenvalue weighted by molar-refractivity contribution is -0.142. The number of benzene rings is 1. The first kappa shape index (κ1) is 57.2. The van der Waals surface area contributed by atoms with Crippen LogP contribution in [0.1, 0.15) is 78.2 Å². The summed E-state index contributed by atoms with van der Waals surface area (Å²) in [6.07, 6.45) is -1.12. The largest absolute Gasteiger partial charge is 0.508 e. The molecule has 10 amide bonds. The van der Waals surface area contributed by atoms with Crippen LogP contribution >= 0.6 is 21.6 Å². The van der Waals surface area contributed by atoms with Crippen LogP contribution in [0.2, 0.25) is 0 Å². The predicted octanol–water partition coefficient (Wildman–Crippen LogP) is -3.01. The normalized spacial score (nSPS) is 24.3. The van der Waals surface area contributed by atoms with Gasteiger partial charge in [0.2, 0.25) is 59.1 Å². The lowest BCUT2D eigenvalue weighted by atomic mass is 9.96. The van der Waals surface area contributed by atoms with E-state index >= 15 is 0 Å². The zero-order chi connectivity index (χ0) is 51.5. The van der Waals surface area contributed by atoms with Crippen molar-refractivity contribution in [1.29, 1.82) is 0 Å². The van der Waals surface area contributed by atoms with Gasteiger partial charge < -0.3 is 69.5 Å². The maximum absolute atomic E-state index is 14.5. The second-order valence-corrected chi connectivity index (χ2v) is 19.9. The van der Waals surface area contributed by atoms with Gasteiger partial charge in [-0.1, -0.05) is 67.8 Å². The average Bonchev–Trinajstić information content (AvgIpc) is 3.78. The molecule has 2 fully saturated rings. The molecule has 15 N–H and O–H groups in total. The minimum Gasteiger partial charge on any atom is -0.508 e. The number of likely N-dealkylation sites (tertiary alicyclic amines) is 1. The second kappa shape index (κ2) is 27.7. The summed E-state index contributed by atoms with van der Waals surface area (Å²) in [6.45, 7) is 6.54. The molecule has 2 heterocycles. The SMILES string of the molecule is CC[C@H](C)C1NC(=O)[C@H](Cc2ccc(O)cc2)NC(=O)[C@@H](N)CSSC[C@@H](C(=O)N2CCC[C@H]2C(=O)N[C@@H](CC(C)C)C(=O)NCC(N)=O)NC(=O)[C@H](CC(N)=O)NC(=O)[C@H](CCC(=O)O)NC1=O. The fraction of sp³-hybridized carbons (Fsp3) is 0.605. The molecule has 0 spiro atoms. The summed E-state index contributed by atoms with van der Waals surface area (Å²) < 4.78 is 0. The summed E-state index contributed by atoms with van der Waals surface area (Å²) in [4.78, 5) is 148. The molecule has 3 rings (SSSR count). The first-order valence-corrected chi connectivity index (χ1v) is 25.0. The van der Waals surface area contributed by atoms with Gasteiger partial charge >= 0.3 is 5.97 Å². The number of aromatic hydroxyl groups is 1. The molecule has 2 saturated heterocycles. The summed E-state index contributed by atoms with van der Waals surface area (Å²) >= 11 is 0. The first-order chi connectivity index (χ1) is 32.5. The number of carboxylic acid groups (broad SMARTS) is 1. The second-order valence-electron chi connectivity index (χ2n) is 17.3. The molecule has 0 saturated carbocycles. The first-order valence-electron chi connectivity index (χ1n) is 22.5. The lowest BCUT2D eigenvalue weighted by Gasteiger charge is -2.31. The van der Waals surface area contributed by atoms with Crippen molar-refractivity contribution in [2.24, 2.45) is 29.0 Å².